The van der Waals surface area contributed by atoms with Crippen LogP contribution in [0.3, 0.4) is 0 Å². The molecule has 0 aliphatic carbocycles. The highest BCUT2D eigenvalue weighted by Gasteiger charge is 2.19. The smallest absolute Gasteiger partial charge is 0.306 e. The molecule has 0 aromatic rings. The maximum atomic E-state index is 12.7. The van der Waals surface area contributed by atoms with Gasteiger partial charge in [-0.25, -0.2) is 0 Å². The average molecular weight is 775 g/mol. The molecule has 6 heteroatoms. The molecule has 0 amide bonds. The minimum absolute atomic E-state index is 0.0717. The molecule has 0 N–H and O–H groups in total. The van der Waals surface area contributed by atoms with E-state index in [0.717, 1.165) is 77.0 Å². The predicted octanol–water partition coefficient (Wildman–Crippen LogP) is 15.2. The summed E-state index contributed by atoms with van der Waals surface area (Å²) < 4.78 is 16.7. The number of unbranched alkanes of at least 4 members (excludes halogenated alkanes) is 28. The Morgan fingerprint density at radius 2 is 0.655 bits per heavy atom. The zero-order chi connectivity index (χ0) is 40.1. The van der Waals surface area contributed by atoms with Crippen molar-refractivity contribution in [1.29, 1.82) is 0 Å². The van der Waals surface area contributed by atoms with Crippen molar-refractivity contribution in [3.8, 4) is 0 Å². The number of carbonyl (C=O) groups excluding carboxylic acids is 3. The van der Waals surface area contributed by atoms with Crippen LogP contribution in [0.2, 0.25) is 0 Å². The Bertz CT molecular complexity index is 896. The number of allylic oxidation sites excluding steroid dienone is 4. The molecule has 0 spiro atoms. The van der Waals surface area contributed by atoms with Gasteiger partial charge in [0.25, 0.3) is 0 Å². The van der Waals surface area contributed by atoms with Crippen LogP contribution in [0, 0.1) is 0 Å². The maximum absolute atomic E-state index is 12.7. The van der Waals surface area contributed by atoms with Crippen LogP contribution in [-0.4, -0.2) is 37.2 Å². The number of rotatable bonds is 43. The lowest BCUT2D eigenvalue weighted by Gasteiger charge is -2.18. The van der Waals surface area contributed by atoms with E-state index in [1.807, 2.05) is 0 Å². The first-order valence-electron chi connectivity index (χ1n) is 23.8. The van der Waals surface area contributed by atoms with Gasteiger partial charge in [-0.1, -0.05) is 206 Å². The van der Waals surface area contributed by atoms with Crippen molar-refractivity contribution in [3.05, 3.63) is 24.3 Å². The van der Waals surface area contributed by atoms with E-state index in [1.165, 1.54) is 135 Å². The van der Waals surface area contributed by atoms with E-state index in [0.29, 0.717) is 19.3 Å². The Balaban J connectivity index is 4.35. The van der Waals surface area contributed by atoms with Gasteiger partial charge in [0.2, 0.25) is 0 Å². The van der Waals surface area contributed by atoms with Gasteiger partial charge in [0.05, 0.1) is 0 Å². The van der Waals surface area contributed by atoms with Gasteiger partial charge in [-0.15, -0.1) is 0 Å². The van der Waals surface area contributed by atoms with Gasteiger partial charge in [-0.2, -0.15) is 0 Å². The minimum Gasteiger partial charge on any atom is -0.462 e. The molecule has 0 aromatic carbocycles. The molecule has 6 nitrogen and oxygen atoms in total. The second-order valence-corrected chi connectivity index (χ2v) is 16.0. The Labute approximate surface area is 341 Å². The summed E-state index contributed by atoms with van der Waals surface area (Å²) in [6.07, 6.45) is 48.7. The molecule has 0 aliphatic heterocycles. The van der Waals surface area contributed by atoms with E-state index in [-0.39, 0.29) is 31.1 Å². The fourth-order valence-corrected chi connectivity index (χ4v) is 6.82. The van der Waals surface area contributed by atoms with Crippen molar-refractivity contribution in [2.45, 2.75) is 258 Å². The van der Waals surface area contributed by atoms with Gasteiger partial charge >= 0.3 is 17.9 Å². The molecule has 0 saturated carbocycles. The van der Waals surface area contributed by atoms with Crippen LogP contribution >= 0.6 is 0 Å². The molecule has 322 valence electrons. The Morgan fingerprint density at radius 3 is 1.04 bits per heavy atom. The SMILES string of the molecule is CCCCC/C=C\C/C=C\CCCCCCCC(=O)OCC(COC(=O)CCCCCCCCCCCC)OC(=O)CCCCCCCCCCCCCC. The van der Waals surface area contributed by atoms with Gasteiger partial charge in [0.1, 0.15) is 13.2 Å². The second-order valence-electron chi connectivity index (χ2n) is 16.0. The monoisotopic (exact) mass is 775 g/mol. The summed E-state index contributed by atoms with van der Waals surface area (Å²) in [6, 6.07) is 0. The van der Waals surface area contributed by atoms with Gasteiger partial charge in [-0.05, 0) is 51.4 Å². The highest BCUT2D eigenvalue weighted by Crippen LogP contribution is 2.15. The van der Waals surface area contributed by atoms with Gasteiger partial charge in [-0.3, -0.25) is 14.4 Å². The molecule has 0 radical (unpaired) electrons. The van der Waals surface area contributed by atoms with E-state index in [2.05, 4.69) is 45.1 Å². The average Bonchev–Trinajstić information content (AvgIpc) is 3.18. The predicted molar refractivity (Wildman–Crippen MR) is 233 cm³/mol. The first-order chi connectivity index (χ1) is 27.0. The van der Waals surface area contributed by atoms with Crippen molar-refractivity contribution < 1.29 is 28.6 Å². The molecule has 0 rings (SSSR count). The first kappa shape index (κ1) is 52.9. The van der Waals surface area contributed by atoms with Crippen LogP contribution in [0.15, 0.2) is 24.3 Å². The quantitative estimate of drug-likeness (QED) is 0.0266. The van der Waals surface area contributed by atoms with Crippen LogP contribution in [0.5, 0.6) is 0 Å². The molecule has 0 saturated heterocycles. The molecule has 0 aromatic heterocycles. The summed E-state index contributed by atoms with van der Waals surface area (Å²) in [6.45, 7) is 6.59. The molecule has 0 bridgehead atoms. The number of carbonyl (C=O) groups is 3. The third kappa shape index (κ3) is 42.9. The molecule has 0 aliphatic rings. The van der Waals surface area contributed by atoms with Crippen LogP contribution < -0.4 is 0 Å². The largest absolute Gasteiger partial charge is 0.462 e. The molecule has 1 atom stereocenters. The van der Waals surface area contributed by atoms with Crippen molar-refractivity contribution in [3.63, 3.8) is 0 Å². The Hall–Kier alpha value is -2.11. The van der Waals surface area contributed by atoms with Crippen molar-refractivity contribution in [1.82, 2.24) is 0 Å². The number of esters is 3. The lowest BCUT2D eigenvalue weighted by molar-refractivity contribution is -0.167. The fraction of sp³-hybridized carbons (Fsp3) is 0.857. The van der Waals surface area contributed by atoms with Crippen molar-refractivity contribution in [2.24, 2.45) is 0 Å². The zero-order valence-corrected chi connectivity index (χ0v) is 36.7. The number of hydrogen-bond donors (Lipinski definition) is 0. The topological polar surface area (TPSA) is 78.9 Å². The molecule has 0 heterocycles. The number of ether oxygens (including phenoxy) is 3. The second kappa shape index (κ2) is 44.6. The Morgan fingerprint density at radius 1 is 0.364 bits per heavy atom. The first-order valence-corrected chi connectivity index (χ1v) is 23.8. The molecule has 1 unspecified atom stereocenters. The third-order valence-electron chi connectivity index (χ3n) is 10.5. The standard InChI is InChI=1S/C49H90O6/c1-4-7-10-13-16-19-22-24-25-26-28-30-33-36-39-42-48(51)54-45-46(44-53-47(50)41-38-35-32-29-21-18-15-12-9-6-3)55-49(52)43-40-37-34-31-27-23-20-17-14-11-8-5-2/h16,19,24-25,46H,4-15,17-18,20-23,26-45H2,1-3H3/b19-16-,25-24-. The van der Waals surface area contributed by atoms with Crippen molar-refractivity contribution >= 4 is 17.9 Å². The van der Waals surface area contributed by atoms with Crippen LogP contribution in [0.1, 0.15) is 252 Å². The normalized spacial score (nSPS) is 12.1. The van der Waals surface area contributed by atoms with Gasteiger partial charge in [0.15, 0.2) is 6.10 Å². The summed E-state index contributed by atoms with van der Waals surface area (Å²) >= 11 is 0. The van der Waals surface area contributed by atoms with Crippen LogP contribution in [-0.2, 0) is 28.6 Å². The van der Waals surface area contributed by atoms with Crippen molar-refractivity contribution in [2.75, 3.05) is 13.2 Å². The Kier molecular flexibility index (Phi) is 42.9. The summed E-state index contributed by atoms with van der Waals surface area (Å²) in [5, 5.41) is 0. The van der Waals surface area contributed by atoms with Crippen LogP contribution in [0.4, 0.5) is 0 Å². The lowest BCUT2D eigenvalue weighted by Crippen LogP contribution is -2.30. The third-order valence-corrected chi connectivity index (χ3v) is 10.5. The van der Waals surface area contributed by atoms with Gasteiger partial charge < -0.3 is 14.2 Å². The van der Waals surface area contributed by atoms with Crippen LogP contribution in [0.25, 0.3) is 0 Å². The maximum Gasteiger partial charge on any atom is 0.306 e. The summed E-state index contributed by atoms with van der Waals surface area (Å²) in [4.78, 5) is 37.7. The molecule has 0 fully saturated rings. The zero-order valence-electron chi connectivity index (χ0n) is 36.7. The number of hydrogen-bond acceptors (Lipinski definition) is 6. The van der Waals surface area contributed by atoms with E-state index in [1.54, 1.807) is 0 Å². The van der Waals surface area contributed by atoms with E-state index in [4.69, 9.17) is 14.2 Å². The minimum atomic E-state index is -0.768. The van der Waals surface area contributed by atoms with Gasteiger partial charge in [0, 0.05) is 19.3 Å². The fourth-order valence-electron chi connectivity index (χ4n) is 6.82. The summed E-state index contributed by atoms with van der Waals surface area (Å²) in [7, 11) is 0. The highest BCUT2D eigenvalue weighted by molar-refractivity contribution is 5.71. The molecular weight excluding hydrogens is 685 g/mol. The van der Waals surface area contributed by atoms with E-state index in [9.17, 15) is 14.4 Å². The summed E-state index contributed by atoms with van der Waals surface area (Å²) in [5.41, 5.74) is 0. The highest BCUT2D eigenvalue weighted by atomic mass is 16.6. The summed E-state index contributed by atoms with van der Waals surface area (Å²) in [5.74, 6) is -0.880. The molecule has 55 heavy (non-hydrogen) atoms. The van der Waals surface area contributed by atoms with E-state index < -0.39 is 6.10 Å². The lowest BCUT2D eigenvalue weighted by atomic mass is 10.0. The van der Waals surface area contributed by atoms with E-state index >= 15 is 0 Å². The molecular formula is C49H90O6.